The number of halogens is 3. The molecule has 0 spiro atoms. The molecule has 4 heterocycles. The molecule has 4 aromatic heterocycles. The zero-order valence-electron chi connectivity index (χ0n) is 40.1. The lowest BCUT2D eigenvalue weighted by atomic mass is 10.0. The first kappa shape index (κ1) is 54.4. The first-order valence-electron chi connectivity index (χ1n) is 22.5. The molecule has 384 valence electrons. The third-order valence-corrected chi connectivity index (χ3v) is 13.7. The number of ether oxygens (including phenoxy) is 6. The minimum absolute atomic E-state index is 0.0464. The number of nitrogens with zero attached hydrogens (tertiary/aromatic N) is 2. The van der Waals surface area contributed by atoms with Gasteiger partial charge in [0, 0.05) is 57.7 Å². The highest BCUT2D eigenvalue weighted by molar-refractivity contribution is 7.23. The number of fused-ring (bicyclic) bond motifs is 2. The molecule has 4 aromatic carbocycles. The van der Waals surface area contributed by atoms with E-state index >= 15 is 0 Å². The van der Waals surface area contributed by atoms with Gasteiger partial charge in [0.1, 0.15) is 69.6 Å². The Labute approximate surface area is 435 Å². The van der Waals surface area contributed by atoms with Gasteiger partial charge in [-0.15, -0.1) is 22.7 Å². The summed E-state index contributed by atoms with van der Waals surface area (Å²) >= 11 is 8.76. The van der Waals surface area contributed by atoms with Gasteiger partial charge >= 0.3 is 0 Å². The second kappa shape index (κ2) is 25.0. The molecular weight excluding hydrogens is 1020 g/mol. The van der Waals surface area contributed by atoms with Crippen LogP contribution in [0.25, 0.3) is 42.7 Å². The number of methoxy groups -OCH3 is 4. The molecule has 0 radical (unpaired) electrons. The van der Waals surface area contributed by atoms with Gasteiger partial charge in [-0.3, -0.25) is 19.2 Å². The summed E-state index contributed by atoms with van der Waals surface area (Å²) in [5.74, 6) is -0.438. The van der Waals surface area contributed by atoms with E-state index in [1.54, 1.807) is 53.9 Å². The normalized spacial score (nSPS) is 11.4. The van der Waals surface area contributed by atoms with Gasteiger partial charge in [0.2, 0.25) is 5.78 Å². The van der Waals surface area contributed by atoms with Crippen LogP contribution in [0.1, 0.15) is 61.0 Å². The summed E-state index contributed by atoms with van der Waals surface area (Å²) in [6, 6.07) is 24.6. The van der Waals surface area contributed by atoms with E-state index in [9.17, 15) is 33.1 Å². The van der Waals surface area contributed by atoms with Crippen LogP contribution >= 0.6 is 34.3 Å². The number of Topliss-reactive ketones (excluding diaryl/α,β-unsaturated/α-hetero) is 4. The molecule has 0 saturated carbocycles. The number of hydrogen-bond acceptors (Lipinski definition) is 17. The highest BCUT2D eigenvalue weighted by Crippen LogP contribution is 2.45. The molecule has 0 aliphatic heterocycles. The lowest BCUT2D eigenvalue weighted by molar-refractivity contribution is 0.0676. The van der Waals surface area contributed by atoms with E-state index in [-0.39, 0.29) is 79.4 Å². The van der Waals surface area contributed by atoms with Gasteiger partial charge in [0.25, 0.3) is 0 Å². The van der Waals surface area contributed by atoms with Crippen LogP contribution in [0, 0.1) is 11.6 Å². The average Bonchev–Trinajstić information content (AvgIpc) is 4.02. The minimum atomic E-state index is -1.64. The Morgan fingerprint density at radius 2 is 1.12 bits per heavy atom. The van der Waals surface area contributed by atoms with Crippen molar-refractivity contribution in [2.75, 3.05) is 54.9 Å². The molecular formula is C54H47ClF2N2O13S2. The zero-order chi connectivity index (χ0) is 53.1. The van der Waals surface area contributed by atoms with Crippen molar-refractivity contribution in [2.45, 2.75) is 25.4 Å². The van der Waals surface area contributed by atoms with Crippen LogP contribution in [0.2, 0.25) is 4.34 Å². The van der Waals surface area contributed by atoms with Crippen molar-refractivity contribution < 1.29 is 71.7 Å². The number of pyridine rings is 2. The number of aliphatic hydroxyl groups is 3. The lowest BCUT2D eigenvalue weighted by Crippen LogP contribution is -2.25. The molecule has 15 nitrogen and oxygen atoms in total. The number of hydrogen-bond donors (Lipinski definition) is 3. The van der Waals surface area contributed by atoms with Crippen molar-refractivity contribution in [3.63, 3.8) is 0 Å². The fourth-order valence-electron chi connectivity index (χ4n) is 7.66. The molecule has 0 aliphatic carbocycles. The van der Waals surface area contributed by atoms with Gasteiger partial charge in [0.05, 0.1) is 51.1 Å². The van der Waals surface area contributed by atoms with Gasteiger partial charge in [-0.05, 0) is 72.8 Å². The highest BCUT2D eigenvalue weighted by atomic mass is 35.5. The number of thiophene rings is 2. The SMILES string of the molecule is COc1cc(C(=O)CC(O)C(=O)c2ccc(OC)c(-c3csc4c(F)cccc34)n2)ccc1OCCO.COc1cc(C(=O)CCC(=O)c2ccc(OC)c(-c3c(Cl)sc4c(F)cccc34)n2)ccc1OCCO. The first-order chi connectivity index (χ1) is 35.7. The van der Waals surface area contributed by atoms with Gasteiger partial charge in [-0.1, -0.05) is 35.9 Å². The van der Waals surface area contributed by atoms with Gasteiger partial charge in [0.15, 0.2) is 40.3 Å². The summed E-state index contributed by atoms with van der Waals surface area (Å²) < 4.78 is 61.8. The average molecular weight is 1070 g/mol. The molecule has 8 aromatic rings. The Morgan fingerprint density at radius 3 is 1.72 bits per heavy atom. The summed E-state index contributed by atoms with van der Waals surface area (Å²) in [5, 5.41) is 31.4. The van der Waals surface area contributed by atoms with E-state index in [0.29, 0.717) is 81.3 Å². The summed E-state index contributed by atoms with van der Waals surface area (Å²) in [7, 11) is 5.78. The predicted molar refractivity (Wildman–Crippen MR) is 276 cm³/mol. The highest BCUT2D eigenvalue weighted by Gasteiger charge is 2.26. The quantitative estimate of drug-likeness (QED) is 0.0539. The summed E-state index contributed by atoms with van der Waals surface area (Å²) in [5.41, 5.74) is 2.39. The van der Waals surface area contributed by atoms with Crippen LogP contribution in [0.15, 0.2) is 102 Å². The molecule has 1 atom stereocenters. The maximum Gasteiger partial charge on any atom is 0.210 e. The Balaban J connectivity index is 0.000000216. The second-order valence-electron chi connectivity index (χ2n) is 15.9. The minimum Gasteiger partial charge on any atom is -0.494 e. The Hall–Kier alpha value is -7.39. The molecule has 0 fully saturated rings. The van der Waals surface area contributed by atoms with Crippen molar-refractivity contribution in [1.82, 2.24) is 9.97 Å². The van der Waals surface area contributed by atoms with Gasteiger partial charge in [-0.2, -0.15) is 0 Å². The Morgan fingerprint density at radius 1 is 0.608 bits per heavy atom. The lowest BCUT2D eigenvalue weighted by Gasteiger charge is -2.13. The number of carbonyl (C=O) groups is 4. The Bertz CT molecular complexity index is 3360. The maximum absolute atomic E-state index is 14.3. The van der Waals surface area contributed by atoms with E-state index in [1.807, 2.05) is 0 Å². The van der Waals surface area contributed by atoms with E-state index in [1.165, 1.54) is 88.3 Å². The molecule has 8 rings (SSSR count). The molecule has 0 amide bonds. The number of rotatable bonds is 22. The van der Waals surface area contributed by atoms with Crippen LogP contribution in [0.3, 0.4) is 0 Å². The van der Waals surface area contributed by atoms with E-state index in [2.05, 4.69) is 9.97 Å². The number of carbonyl (C=O) groups excluding carboxylic acids is 4. The fourth-order valence-corrected chi connectivity index (χ4v) is 9.97. The van der Waals surface area contributed by atoms with Crippen LogP contribution in [-0.2, 0) is 0 Å². The third kappa shape index (κ3) is 12.2. The van der Waals surface area contributed by atoms with Crippen molar-refractivity contribution >= 4 is 77.6 Å². The third-order valence-electron chi connectivity index (χ3n) is 11.3. The van der Waals surface area contributed by atoms with Gasteiger partial charge in [-0.25, -0.2) is 18.7 Å². The molecule has 0 aliphatic rings. The zero-order valence-corrected chi connectivity index (χ0v) is 42.5. The molecule has 0 bridgehead atoms. The van der Waals surface area contributed by atoms with Gasteiger partial charge < -0.3 is 43.7 Å². The van der Waals surface area contributed by atoms with Crippen molar-refractivity contribution in [2.24, 2.45) is 0 Å². The van der Waals surface area contributed by atoms with E-state index in [4.69, 9.17) is 50.2 Å². The van der Waals surface area contributed by atoms with Crippen LogP contribution in [0.5, 0.6) is 34.5 Å². The Kier molecular flexibility index (Phi) is 18.4. The molecule has 74 heavy (non-hydrogen) atoms. The molecule has 20 heteroatoms. The molecule has 3 N–H and O–H groups in total. The maximum atomic E-state index is 14.3. The topological polar surface area (TPSA) is 210 Å². The summed E-state index contributed by atoms with van der Waals surface area (Å²) in [6.45, 7) is -0.183. The number of ketones is 4. The van der Waals surface area contributed by atoms with Crippen LogP contribution in [0.4, 0.5) is 8.78 Å². The van der Waals surface area contributed by atoms with Crippen LogP contribution < -0.4 is 28.4 Å². The second-order valence-corrected chi connectivity index (χ2v) is 18.4. The molecule has 1 unspecified atom stereocenters. The van der Waals surface area contributed by atoms with E-state index < -0.39 is 29.9 Å². The van der Waals surface area contributed by atoms with Crippen molar-refractivity contribution in [1.29, 1.82) is 0 Å². The van der Waals surface area contributed by atoms with Crippen molar-refractivity contribution in [3.8, 4) is 57.0 Å². The monoisotopic (exact) mass is 1070 g/mol. The smallest absolute Gasteiger partial charge is 0.210 e. The first-order valence-corrected chi connectivity index (χ1v) is 24.6. The fraction of sp³-hybridized carbons (Fsp3) is 0.222. The standard InChI is InChI=1S/C27H23ClFNO6S.C27H24FNO7S/c1-34-22-11-7-18(30-25(22)24-16-4-3-5-17(29)26(16)37-27(24)28)20(33)9-8-19(32)15-6-10-21(36-13-12-31)23(14-15)35-2;1-34-23-9-7-19(29-25(23)17-14-37-27-16(17)4-3-5-18(27)28)26(33)21(32)13-20(31)15-6-8-22(36-11-10-30)24(12-15)35-2/h3-7,10-11,14,31H,8-9,12-13H2,1-2H3;3-9,12,14,21,30,32H,10-11,13H2,1-2H3. The largest absolute Gasteiger partial charge is 0.494 e. The summed E-state index contributed by atoms with van der Waals surface area (Å²) in [4.78, 5) is 60.5. The number of aromatic nitrogens is 2. The molecule has 0 saturated heterocycles. The van der Waals surface area contributed by atoms with E-state index in [0.717, 1.165) is 11.3 Å². The van der Waals surface area contributed by atoms with Crippen molar-refractivity contribution in [3.05, 3.63) is 141 Å². The predicted octanol–water partition coefficient (Wildman–Crippen LogP) is 10.3. The van der Waals surface area contributed by atoms with Crippen LogP contribution in [-0.4, -0.2) is 109 Å². The summed E-state index contributed by atoms with van der Waals surface area (Å²) in [6.07, 6.45) is -2.24. The number of benzene rings is 4. The number of aliphatic hydroxyl groups excluding tert-OH is 3.